The minimum Gasteiger partial charge on any atom is -0.339 e. The first-order valence-electron chi connectivity index (χ1n) is 6.19. The number of piperidine rings is 1. The second-order valence-electron chi connectivity index (χ2n) is 4.47. The summed E-state index contributed by atoms with van der Waals surface area (Å²) >= 11 is 5.16. The van der Waals surface area contributed by atoms with E-state index in [1.807, 2.05) is 17.5 Å². The Morgan fingerprint density at radius 3 is 3.12 bits per heavy atom. The first-order chi connectivity index (χ1) is 8.31. The molecular formula is C13H18BrNOS. The molecule has 1 atom stereocenters. The van der Waals surface area contributed by atoms with Crippen LogP contribution < -0.4 is 0 Å². The van der Waals surface area contributed by atoms with Crippen molar-refractivity contribution in [2.45, 2.75) is 38.1 Å². The average Bonchev–Trinajstić information content (AvgIpc) is 2.83. The number of alkyl halides is 1. The molecule has 0 radical (unpaired) electrons. The van der Waals surface area contributed by atoms with Crippen LogP contribution in [0.2, 0.25) is 0 Å². The van der Waals surface area contributed by atoms with E-state index in [0.29, 0.717) is 18.4 Å². The van der Waals surface area contributed by atoms with Crippen LogP contribution in [-0.2, 0) is 11.2 Å². The van der Waals surface area contributed by atoms with Crippen molar-refractivity contribution in [2.75, 3.05) is 11.9 Å². The summed E-state index contributed by atoms with van der Waals surface area (Å²) in [6.07, 6.45) is 5.25. The van der Waals surface area contributed by atoms with Gasteiger partial charge in [-0.1, -0.05) is 22.0 Å². The SMILES string of the molecule is O=C(Cc1cccs1)N1CCCCC1CCBr. The van der Waals surface area contributed by atoms with E-state index in [-0.39, 0.29) is 0 Å². The van der Waals surface area contributed by atoms with E-state index in [4.69, 9.17) is 0 Å². The van der Waals surface area contributed by atoms with Crippen LogP contribution in [-0.4, -0.2) is 28.7 Å². The highest BCUT2D eigenvalue weighted by molar-refractivity contribution is 9.09. The Morgan fingerprint density at radius 2 is 2.41 bits per heavy atom. The zero-order valence-corrected chi connectivity index (χ0v) is 12.3. The number of hydrogen-bond donors (Lipinski definition) is 0. The van der Waals surface area contributed by atoms with Crippen LogP contribution >= 0.6 is 27.3 Å². The number of hydrogen-bond acceptors (Lipinski definition) is 2. The smallest absolute Gasteiger partial charge is 0.228 e. The van der Waals surface area contributed by atoms with Gasteiger partial charge in [0.05, 0.1) is 6.42 Å². The highest BCUT2D eigenvalue weighted by atomic mass is 79.9. The van der Waals surface area contributed by atoms with Crippen molar-refractivity contribution in [3.63, 3.8) is 0 Å². The summed E-state index contributed by atoms with van der Waals surface area (Å²) in [5, 5.41) is 3.02. The lowest BCUT2D eigenvalue weighted by Gasteiger charge is -2.35. The molecule has 0 bridgehead atoms. The quantitative estimate of drug-likeness (QED) is 0.779. The molecule has 2 nitrogen and oxygen atoms in total. The highest BCUT2D eigenvalue weighted by Gasteiger charge is 2.25. The van der Waals surface area contributed by atoms with Gasteiger partial charge in [-0.25, -0.2) is 0 Å². The normalized spacial score (nSPS) is 20.5. The number of carbonyl (C=O) groups is 1. The molecule has 1 amide bonds. The lowest BCUT2D eigenvalue weighted by atomic mass is 9.99. The molecular weight excluding hydrogens is 298 g/mol. The summed E-state index contributed by atoms with van der Waals surface area (Å²) in [4.78, 5) is 15.5. The fraction of sp³-hybridized carbons (Fsp3) is 0.615. The molecule has 1 aliphatic heterocycles. The summed E-state index contributed by atoms with van der Waals surface area (Å²) < 4.78 is 0. The van der Waals surface area contributed by atoms with Crippen LogP contribution in [0.25, 0.3) is 0 Å². The Hall–Kier alpha value is -0.350. The molecule has 1 unspecified atom stereocenters. The molecule has 1 aliphatic rings. The van der Waals surface area contributed by atoms with Crippen molar-refractivity contribution in [1.29, 1.82) is 0 Å². The topological polar surface area (TPSA) is 20.3 Å². The second-order valence-corrected chi connectivity index (χ2v) is 6.30. The van der Waals surface area contributed by atoms with Gasteiger partial charge in [0.25, 0.3) is 0 Å². The maximum absolute atomic E-state index is 12.3. The zero-order chi connectivity index (χ0) is 12.1. The maximum Gasteiger partial charge on any atom is 0.228 e. The molecule has 1 aromatic rings. The molecule has 1 fully saturated rings. The van der Waals surface area contributed by atoms with Crippen molar-refractivity contribution in [3.8, 4) is 0 Å². The van der Waals surface area contributed by atoms with Crippen LogP contribution in [0.1, 0.15) is 30.6 Å². The molecule has 17 heavy (non-hydrogen) atoms. The van der Waals surface area contributed by atoms with E-state index < -0.39 is 0 Å². The van der Waals surface area contributed by atoms with Crippen molar-refractivity contribution in [3.05, 3.63) is 22.4 Å². The van der Waals surface area contributed by atoms with Gasteiger partial charge in [-0.05, 0) is 37.1 Å². The number of rotatable bonds is 4. The van der Waals surface area contributed by atoms with E-state index in [1.165, 1.54) is 17.7 Å². The third-order valence-electron chi connectivity index (χ3n) is 3.30. The molecule has 0 aromatic carbocycles. The van der Waals surface area contributed by atoms with E-state index in [0.717, 1.165) is 24.7 Å². The highest BCUT2D eigenvalue weighted by Crippen LogP contribution is 2.22. The third-order valence-corrected chi connectivity index (χ3v) is 4.63. The zero-order valence-electron chi connectivity index (χ0n) is 9.90. The van der Waals surface area contributed by atoms with Crippen molar-refractivity contribution in [2.24, 2.45) is 0 Å². The molecule has 0 N–H and O–H groups in total. The van der Waals surface area contributed by atoms with Crippen LogP contribution in [0.15, 0.2) is 17.5 Å². The third kappa shape index (κ3) is 3.55. The van der Waals surface area contributed by atoms with E-state index in [9.17, 15) is 4.79 Å². The first kappa shape index (κ1) is 13.1. The van der Waals surface area contributed by atoms with Gasteiger partial charge in [0.15, 0.2) is 0 Å². The van der Waals surface area contributed by atoms with Gasteiger partial charge in [0, 0.05) is 22.8 Å². The molecule has 0 spiro atoms. The van der Waals surface area contributed by atoms with Gasteiger partial charge in [-0.15, -0.1) is 11.3 Å². The van der Waals surface area contributed by atoms with E-state index in [1.54, 1.807) is 11.3 Å². The lowest BCUT2D eigenvalue weighted by molar-refractivity contribution is -0.134. The molecule has 0 saturated carbocycles. The minimum absolute atomic E-state index is 0.304. The number of nitrogens with zero attached hydrogens (tertiary/aromatic N) is 1. The maximum atomic E-state index is 12.3. The van der Waals surface area contributed by atoms with Crippen LogP contribution in [0.4, 0.5) is 0 Å². The van der Waals surface area contributed by atoms with Crippen molar-refractivity contribution < 1.29 is 4.79 Å². The molecule has 2 heterocycles. The Balaban J connectivity index is 1.96. The van der Waals surface area contributed by atoms with Gasteiger partial charge in [0.1, 0.15) is 0 Å². The number of halogens is 1. The minimum atomic E-state index is 0.304. The average molecular weight is 316 g/mol. The lowest BCUT2D eigenvalue weighted by Crippen LogP contribution is -2.44. The molecule has 94 valence electrons. The number of carbonyl (C=O) groups excluding carboxylic acids is 1. The van der Waals surface area contributed by atoms with Gasteiger partial charge in [0.2, 0.25) is 5.91 Å². The predicted molar refractivity (Wildman–Crippen MR) is 75.8 cm³/mol. The first-order valence-corrected chi connectivity index (χ1v) is 8.19. The van der Waals surface area contributed by atoms with Crippen molar-refractivity contribution >= 4 is 33.2 Å². The summed E-state index contributed by atoms with van der Waals surface area (Å²) in [5.74, 6) is 0.304. The number of amides is 1. The van der Waals surface area contributed by atoms with Gasteiger partial charge >= 0.3 is 0 Å². The Morgan fingerprint density at radius 1 is 1.53 bits per heavy atom. The summed E-state index contributed by atoms with van der Waals surface area (Å²) in [6, 6.07) is 4.52. The second kappa shape index (κ2) is 6.55. The van der Waals surface area contributed by atoms with Crippen LogP contribution in [0, 0.1) is 0 Å². The molecule has 2 rings (SSSR count). The fourth-order valence-electron chi connectivity index (χ4n) is 2.42. The fourth-order valence-corrected chi connectivity index (χ4v) is 3.64. The molecule has 0 aliphatic carbocycles. The van der Waals surface area contributed by atoms with Crippen LogP contribution in [0.3, 0.4) is 0 Å². The number of thiophene rings is 1. The van der Waals surface area contributed by atoms with Gasteiger partial charge in [-0.3, -0.25) is 4.79 Å². The van der Waals surface area contributed by atoms with Gasteiger partial charge < -0.3 is 4.90 Å². The van der Waals surface area contributed by atoms with E-state index in [2.05, 4.69) is 20.8 Å². The number of likely N-dealkylation sites (tertiary alicyclic amines) is 1. The van der Waals surface area contributed by atoms with E-state index >= 15 is 0 Å². The monoisotopic (exact) mass is 315 g/mol. The van der Waals surface area contributed by atoms with Gasteiger partial charge in [-0.2, -0.15) is 0 Å². The summed E-state index contributed by atoms with van der Waals surface area (Å²) in [6.45, 7) is 0.946. The molecule has 1 aromatic heterocycles. The predicted octanol–water partition coefficient (Wildman–Crippen LogP) is 3.46. The Kier molecular flexibility index (Phi) is 5.04. The Bertz CT molecular complexity index is 350. The Labute approximate surface area is 115 Å². The summed E-state index contributed by atoms with van der Waals surface area (Å²) in [5.41, 5.74) is 0. The molecule has 1 saturated heterocycles. The van der Waals surface area contributed by atoms with Crippen LogP contribution in [0.5, 0.6) is 0 Å². The summed E-state index contributed by atoms with van der Waals surface area (Å²) in [7, 11) is 0. The largest absolute Gasteiger partial charge is 0.339 e. The van der Waals surface area contributed by atoms with Crippen molar-refractivity contribution in [1.82, 2.24) is 4.90 Å². The standard InChI is InChI=1S/C13H18BrNOS/c14-7-6-11-4-1-2-8-15(11)13(16)10-12-5-3-9-17-12/h3,5,9,11H,1-2,4,6-8,10H2. The molecule has 4 heteroatoms.